The molecule has 8 heteroatoms. The highest BCUT2D eigenvalue weighted by Crippen LogP contribution is 2.17. The first-order valence-electron chi connectivity index (χ1n) is 6.76. The lowest BCUT2D eigenvalue weighted by Gasteiger charge is -2.21. The van der Waals surface area contributed by atoms with Crippen LogP contribution in [0.25, 0.3) is 0 Å². The van der Waals surface area contributed by atoms with E-state index in [0.29, 0.717) is 6.54 Å². The van der Waals surface area contributed by atoms with Gasteiger partial charge in [0, 0.05) is 4.88 Å². The fourth-order valence-electron chi connectivity index (χ4n) is 1.83. The Balaban J connectivity index is 2.04. The molecule has 0 bridgehead atoms. The lowest BCUT2D eigenvalue weighted by Crippen LogP contribution is -2.49. The predicted octanol–water partition coefficient (Wildman–Crippen LogP) is 2.43. The van der Waals surface area contributed by atoms with Gasteiger partial charge >= 0.3 is 0 Å². The van der Waals surface area contributed by atoms with E-state index >= 15 is 0 Å². The van der Waals surface area contributed by atoms with E-state index in [9.17, 15) is 13.2 Å². The smallest absolute Gasteiger partial charge is 0.250 e. The first-order chi connectivity index (χ1) is 10.4. The van der Waals surface area contributed by atoms with Gasteiger partial charge in [-0.25, -0.2) is 8.42 Å². The molecular weight excluding hydrogens is 340 g/mol. The molecule has 2 aromatic rings. The zero-order valence-electron chi connectivity index (χ0n) is 12.3. The SMILES string of the molecule is CC(C)C(NS(=O)(=O)c1cccs1)C(=O)NCc1cccs1. The normalized spacial score (nSPS) is 13.2. The number of carbonyl (C=O) groups is 1. The summed E-state index contributed by atoms with van der Waals surface area (Å²) in [7, 11) is -3.67. The van der Waals surface area contributed by atoms with E-state index < -0.39 is 16.1 Å². The highest BCUT2D eigenvalue weighted by atomic mass is 32.2. The molecule has 120 valence electrons. The van der Waals surface area contributed by atoms with Gasteiger partial charge in [-0.1, -0.05) is 26.0 Å². The average molecular weight is 359 g/mol. The molecule has 2 heterocycles. The first-order valence-corrected chi connectivity index (χ1v) is 10.0. The summed E-state index contributed by atoms with van der Waals surface area (Å²) in [6.07, 6.45) is 0. The number of hydrogen-bond acceptors (Lipinski definition) is 5. The third-order valence-electron chi connectivity index (χ3n) is 3.01. The molecule has 0 aliphatic carbocycles. The molecule has 1 atom stereocenters. The minimum Gasteiger partial charge on any atom is -0.350 e. The third kappa shape index (κ3) is 4.39. The molecule has 0 radical (unpaired) electrons. The second-order valence-electron chi connectivity index (χ2n) is 5.07. The maximum absolute atomic E-state index is 12.3. The Kier molecular flexibility index (Phi) is 5.74. The molecule has 2 rings (SSSR count). The monoisotopic (exact) mass is 358 g/mol. The van der Waals surface area contributed by atoms with Gasteiger partial charge in [0.15, 0.2) is 0 Å². The van der Waals surface area contributed by atoms with Crippen LogP contribution in [0.1, 0.15) is 18.7 Å². The Morgan fingerprint density at radius 3 is 2.41 bits per heavy atom. The number of sulfonamides is 1. The molecule has 0 aromatic carbocycles. The van der Waals surface area contributed by atoms with Crippen molar-refractivity contribution in [2.45, 2.75) is 30.6 Å². The van der Waals surface area contributed by atoms with Crippen molar-refractivity contribution in [2.75, 3.05) is 0 Å². The van der Waals surface area contributed by atoms with Crippen molar-refractivity contribution in [3.05, 3.63) is 39.9 Å². The fraction of sp³-hybridized carbons (Fsp3) is 0.357. The van der Waals surface area contributed by atoms with Crippen LogP contribution < -0.4 is 10.0 Å². The lowest BCUT2D eigenvalue weighted by molar-refractivity contribution is -0.123. The van der Waals surface area contributed by atoms with Gasteiger partial charge in [0.05, 0.1) is 6.54 Å². The molecule has 2 aromatic heterocycles. The maximum Gasteiger partial charge on any atom is 0.250 e. The van der Waals surface area contributed by atoms with Crippen molar-refractivity contribution >= 4 is 38.6 Å². The van der Waals surface area contributed by atoms with Gasteiger partial charge in [0.1, 0.15) is 10.3 Å². The lowest BCUT2D eigenvalue weighted by atomic mass is 10.1. The number of hydrogen-bond donors (Lipinski definition) is 2. The van der Waals surface area contributed by atoms with Gasteiger partial charge in [-0.2, -0.15) is 4.72 Å². The number of amides is 1. The quantitative estimate of drug-likeness (QED) is 0.798. The standard InChI is InChI=1S/C14H18N2O3S3/c1-10(2)13(14(17)15-9-11-5-3-7-20-11)16-22(18,19)12-6-4-8-21-12/h3-8,10,13,16H,9H2,1-2H3,(H,15,17). The largest absolute Gasteiger partial charge is 0.350 e. The summed E-state index contributed by atoms with van der Waals surface area (Å²) >= 11 is 2.67. The molecule has 5 nitrogen and oxygen atoms in total. The van der Waals surface area contributed by atoms with Crippen LogP contribution in [0.5, 0.6) is 0 Å². The summed E-state index contributed by atoms with van der Waals surface area (Å²) in [4.78, 5) is 13.3. The summed E-state index contributed by atoms with van der Waals surface area (Å²) in [6.45, 7) is 4.03. The van der Waals surface area contributed by atoms with Crippen LogP contribution in [0.3, 0.4) is 0 Å². The van der Waals surface area contributed by atoms with Crippen LogP contribution in [0, 0.1) is 5.92 Å². The summed E-state index contributed by atoms with van der Waals surface area (Å²) in [5.74, 6) is -0.471. The second kappa shape index (κ2) is 7.36. The van der Waals surface area contributed by atoms with Gasteiger partial charge in [0.2, 0.25) is 5.91 Å². The summed E-state index contributed by atoms with van der Waals surface area (Å²) in [6, 6.07) is 6.22. The van der Waals surface area contributed by atoms with Crippen LogP contribution in [-0.2, 0) is 21.4 Å². The average Bonchev–Trinajstić information content (AvgIpc) is 3.14. The van der Waals surface area contributed by atoms with Gasteiger partial charge in [-0.3, -0.25) is 4.79 Å². The Morgan fingerprint density at radius 2 is 1.86 bits per heavy atom. The minimum atomic E-state index is -3.67. The zero-order valence-corrected chi connectivity index (χ0v) is 14.7. The van der Waals surface area contributed by atoms with Crippen LogP contribution in [0.15, 0.2) is 39.2 Å². The molecular formula is C14H18N2O3S3. The van der Waals surface area contributed by atoms with Crippen molar-refractivity contribution in [3.8, 4) is 0 Å². The van der Waals surface area contributed by atoms with E-state index in [4.69, 9.17) is 0 Å². The summed E-state index contributed by atoms with van der Waals surface area (Å²) in [5.41, 5.74) is 0. The molecule has 0 spiro atoms. The highest BCUT2D eigenvalue weighted by Gasteiger charge is 2.28. The molecule has 0 aliphatic rings. The van der Waals surface area contributed by atoms with E-state index in [0.717, 1.165) is 16.2 Å². The second-order valence-corrected chi connectivity index (χ2v) is 8.99. The van der Waals surface area contributed by atoms with Gasteiger partial charge in [-0.15, -0.1) is 22.7 Å². The number of carbonyl (C=O) groups excluding carboxylic acids is 1. The van der Waals surface area contributed by atoms with Crippen LogP contribution in [0.2, 0.25) is 0 Å². The number of nitrogens with one attached hydrogen (secondary N) is 2. The van der Waals surface area contributed by atoms with E-state index in [1.54, 1.807) is 22.8 Å². The molecule has 0 aliphatic heterocycles. The molecule has 22 heavy (non-hydrogen) atoms. The van der Waals surface area contributed by atoms with Gasteiger partial charge in [-0.05, 0) is 28.8 Å². The van der Waals surface area contributed by atoms with E-state index in [1.165, 1.54) is 6.07 Å². The van der Waals surface area contributed by atoms with Crippen LogP contribution in [-0.4, -0.2) is 20.4 Å². The van der Waals surface area contributed by atoms with E-state index in [-0.39, 0.29) is 16.0 Å². The molecule has 1 unspecified atom stereocenters. The molecule has 0 fully saturated rings. The first kappa shape index (κ1) is 17.1. The molecule has 1 amide bonds. The van der Waals surface area contributed by atoms with Gasteiger partial charge in [0.25, 0.3) is 10.0 Å². The maximum atomic E-state index is 12.3. The van der Waals surface area contributed by atoms with Crippen LogP contribution in [0.4, 0.5) is 0 Å². The van der Waals surface area contributed by atoms with Crippen molar-refractivity contribution in [2.24, 2.45) is 5.92 Å². The predicted molar refractivity (Wildman–Crippen MR) is 89.4 cm³/mol. The number of rotatable bonds is 7. The summed E-state index contributed by atoms with van der Waals surface area (Å²) < 4.78 is 27.2. The highest BCUT2D eigenvalue weighted by molar-refractivity contribution is 7.91. The number of thiophene rings is 2. The van der Waals surface area contributed by atoms with E-state index in [1.807, 2.05) is 31.4 Å². The Labute approximate surface area is 138 Å². The fourth-order valence-corrected chi connectivity index (χ4v) is 4.83. The van der Waals surface area contributed by atoms with Crippen molar-refractivity contribution in [1.82, 2.24) is 10.0 Å². The molecule has 0 saturated carbocycles. The Morgan fingerprint density at radius 1 is 1.18 bits per heavy atom. The third-order valence-corrected chi connectivity index (χ3v) is 6.72. The van der Waals surface area contributed by atoms with Crippen molar-refractivity contribution < 1.29 is 13.2 Å². The Bertz CT molecular complexity index is 692. The van der Waals surface area contributed by atoms with Crippen molar-refractivity contribution in [1.29, 1.82) is 0 Å². The molecule has 2 N–H and O–H groups in total. The van der Waals surface area contributed by atoms with Crippen LogP contribution >= 0.6 is 22.7 Å². The van der Waals surface area contributed by atoms with Gasteiger partial charge < -0.3 is 5.32 Å². The van der Waals surface area contributed by atoms with Crippen molar-refractivity contribution in [3.63, 3.8) is 0 Å². The topological polar surface area (TPSA) is 75.3 Å². The molecule has 0 saturated heterocycles. The summed E-state index contributed by atoms with van der Waals surface area (Å²) in [5, 5.41) is 6.40. The minimum absolute atomic E-state index is 0.155. The Hall–Kier alpha value is -1.22. The zero-order chi connectivity index (χ0) is 16.2. The van der Waals surface area contributed by atoms with E-state index in [2.05, 4.69) is 10.0 Å².